The van der Waals surface area contributed by atoms with Gasteiger partial charge < -0.3 is 15.4 Å². The van der Waals surface area contributed by atoms with Crippen molar-refractivity contribution in [3.05, 3.63) is 28.1 Å². The van der Waals surface area contributed by atoms with Crippen LogP contribution >= 0.6 is 0 Å². The third-order valence-electron chi connectivity index (χ3n) is 3.90. The molecule has 1 fully saturated rings. The SMILES string of the molecule is CC1CCCC(CO)(NC(=O)c2cc([N+](=O)[O-])c[nH]2)C1. The fourth-order valence-electron chi connectivity index (χ4n) is 2.88. The van der Waals surface area contributed by atoms with Crippen molar-refractivity contribution in [3.63, 3.8) is 0 Å². The Labute approximate surface area is 116 Å². The van der Waals surface area contributed by atoms with Crippen molar-refractivity contribution in [2.75, 3.05) is 6.61 Å². The van der Waals surface area contributed by atoms with Gasteiger partial charge in [-0.3, -0.25) is 14.9 Å². The van der Waals surface area contributed by atoms with Gasteiger partial charge in [-0.2, -0.15) is 0 Å². The first kappa shape index (κ1) is 14.5. The fraction of sp³-hybridized carbons (Fsp3) is 0.615. The molecule has 0 bridgehead atoms. The molecule has 1 aromatic rings. The number of rotatable bonds is 4. The summed E-state index contributed by atoms with van der Waals surface area (Å²) in [6.45, 7) is 1.97. The van der Waals surface area contributed by atoms with E-state index in [9.17, 15) is 20.0 Å². The average Bonchev–Trinajstić information content (AvgIpc) is 2.88. The molecule has 1 amide bonds. The lowest BCUT2D eigenvalue weighted by atomic mass is 9.77. The summed E-state index contributed by atoms with van der Waals surface area (Å²) in [4.78, 5) is 24.8. The van der Waals surface area contributed by atoms with Crippen LogP contribution in [0.5, 0.6) is 0 Å². The van der Waals surface area contributed by atoms with Crippen LogP contribution in [-0.2, 0) is 0 Å². The maximum absolute atomic E-state index is 12.1. The van der Waals surface area contributed by atoms with Gasteiger partial charge in [-0.25, -0.2) is 0 Å². The van der Waals surface area contributed by atoms with E-state index in [2.05, 4.69) is 17.2 Å². The number of aliphatic hydroxyl groups excluding tert-OH is 1. The summed E-state index contributed by atoms with van der Waals surface area (Å²) in [5.74, 6) is 0.0235. The molecular weight excluding hydrogens is 262 g/mol. The normalized spacial score (nSPS) is 26.2. The summed E-state index contributed by atoms with van der Waals surface area (Å²) >= 11 is 0. The second-order valence-corrected chi connectivity index (χ2v) is 5.62. The molecule has 0 radical (unpaired) electrons. The lowest BCUT2D eigenvalue weighted by Gasteiger charge is -2.39. The zero-order chi connectivity index (χ0) is 14.8. The number of nitrogens with one attached hydrogen (secondary N) is 2. The van der Waals surface area contributed by atoms with Crippen LogP contribution in [0.3, 0.4) is 0 Å². The molecule has 1 heterocycles. The zero-order valence-electron chi connectivity index (χ0n) is 11.4. The molecule has 1 saturated carbocycles. The van der Waals surface area contributed by atoms with Crippen LogP contribution in [0.2, 0.25) is 0 Å². The topological polar surface area (TPSA) is 108 Å². The molecule has 0 spiro atoms. The van der Waals surface area contributed by atoms with Gasteiger partial charge in [0, 0.05) is 6.07 Å². The van der Waals surface area contributed by atoms with E-state index in [0.717, 1.165) is 25.7 Å². The molecule has 7 nitrogen and oxygen atoms in total. The lowest BCUT2D eigenvalue weighted by molar-refractivity contribution is -0.384. The number of H-pyrrole nitrogens is 1. The summed E-state index contributed by atoms with van der Waals surface area (Å²) in [5.41, 5.74) is -0.623. The van der Waals surface area contributed by atoms with Crippen molar-refractivity contribution in [2.24, 2.45) is 5.92 Å². The van der Waals surface area contributed by atoms with Crippen LogP contribution < -0.4 is 5.32 Å². The first-order chi connectivity index (χ1) is 9.46. The molecule has 110 valence electrons. The van der Waals surface area contributed by atoms with Crippen molar-refractivity contribution in [2.45, 2.75) is 38.1 Å². The van der Waals surface area contributed by atoms with Gasteiger partial charge in [0.15, 0.2) is 0 Å². The number of aromatic nitrogens is 1. The first-order valence-electron chi connectivity index (χ1n) is 6.72. The Morgan fingerprint density at radius 2 is 2.45 bits per heavy atom. The molecule has 2 atom stereocenters. The van der Waals surface area contributed by atoms with Gasteiger partial charge in [0.25, 0.3) is 11.6 Å². The van der Waals surface area contributed by atoms with Crippen LogP contribution in [0.15, 0.2) is 12.3 Å². The predicted octanol–water partition coefficient (Wildman–Crippen LogP) is 1.59. The van der Waals surface area contributed by atoms with E-state index in [-0.39, 0.29) is 18.0 Å². The molecule has 7 heteroatoms. The number of aromatic amines is 1. The highest BCUT2D eigenvalue weighted by molar-refractivity contribution is 5.93. The quantitative estimate of drug-likeness (QED) is 0.575. The molecule has 2 unspecified atom stereocenters. The van der Waals surface area contributed by atoms with Crippen molar-refractivity contribution < 1.29 is 14.8 Å². The highest BCUT2D eigenvalue weighted by Gasteiger charge is 2.36. The van der Waals surface area contributed by atoms with E-state index in [1.54, 1.807) is 0 Å². The van der Waals surface area contributed by atoms with Gasteiger partial charge in [-0.05, 0) is 18.8 Å². The van der Waals surface area contributed by atoms with Gasteiger partial charge in [0.1, 0.15) is 5.69 Å². The summed E-state index contributed by atoms with van der Waals surface area (Å²) in [6.07, 6.45) is 4.67. The van der Waals surface area contributed by atoms with Crippen LogP contribution in [0.25, 0.3) is 0 Å². The predicted molar refractivity (Wildman–Crippen MR) is 72.4 cm³/mol. The summed E-state index contributed by atoms with van der Waals surface area (Å²) in [7, 11) is 0. The van der Waals surface area contributed by atoms with Crippen LogP contribution in [0, 0.1) is 16.0 Å². The van der Waals surface area contributed by atoms with E-state index in [4.69, 9.17) is 0 Å². The highest BCUT2D eigenvalue weighted by atomic mass is 16.6. The highest BCUT2D eigenvalue weighted by Crippen LogP contribution is 2.32. The molecule has 1 aliphatic carbocycles. The fourth-order valence-corrected chi connectivity index (χ4v) is 2.88. The van der Waals surface area contributed by atoms with E-state index in [1.807, 2.05) is 0 Å². The Balaban J connectivity index is 2.10. The maximum atomic E-state index is 12.1. The van der Waals surface area contributed by atoms with E-state index in [0.29, 0.717) is 5.92 Å². The average molecular weight is 281 g/mol. The number of nitrogens with zero attached hydrogens (tertiary/aromatic N) is 1. The Morgan fingerprint density at radius 3 is 3.00 bits per heavy atom. The molecule has 0 aliphatic heterocycles. The standard InChI is InChI=1S/C13H19N3O4/c1-9-3-2-4-13(6-9,8-17)15-12(18)11-5-10(7-14-11)16(19)20/h5,7,9,14,17H,2-4,6,8H2,1H3,(H,15,18). The minimum absolute atomic E-state index is 0.119. The first-order valence-corrected chi connectivity index (χ1v) is 6.72. The molecule has 3 N–H and O–H groups in total. The number of aliphatic hydroxyl groups is 1. The summed E-state index contributed by atoms with van der Waals surface area (Å²) < 4.78 is 0. The third-order valence-corrected chi connectivity index (χ3v) is 3.90. The van der Waals surface area contributed by atoms with Crippen LogP contribution in [0.4, 0.5) is 5.69 Å². The van der Waals surface area contributed by atoms with Gasteiger partial charge in [0.2, 0.25) is 0 Å². The maximum Gasteiger partial charge on any atom is 0.287 e. The number of carbonyl (C=O) groups is 1. The third kappa shape index (κ3) is 2.98. The smallest absolute Gasteiger partial charge is 0.287 e. The second-order valence-electron chi connectivity index (χ2n) is 5.62. The van der Waals surface area contributed by atoms with Gasteiger partial charge in [0.05, 0.1) is 23.3 Å². The van der Waals surface area contributed by atoms with Gasteiger partial charge in [-0.15, -0.1) is 0 Å². The Kier molecular flexibility index (Phi) is 4.08. The number of hydrogen-bond acceptors (Lipinski definition) is 4. The lowest BCUT2D eigenvalue weighted by Crippen LogP contribution is -2.53. The Hall–Kier alpha value is -1.89. The molecule has 1 aliphatic rings. The summed E-state index contributed by atoms with van der Waals surface area (Å²) in [5, 5.41) is 23.1. The molecular formula is C13H19N3O4. The molecule has 20 heavy (non-hydrogen) atoms. The number of carbonyl (C=O) groups excluding carboxylic acids is 1. The molecule has 1 aromatic heterocycles. The van der Waals surface area contributed by atoms with Crippen molar-refractivity contribution in [1.29, 1.82) is 0 Å². The van der Waals surface area contributed by atoms with E-state index in [1.165, 1.54) is 12.3 Å². The van der Waals surface area contributed by atoms with Gasteiger partial charge in [-0.1, -0.05) is 19.8 Å². The minimum atomic E-state index is -0.616. The minimum Gasteiger partial charge on any atom is -0.394 e. The molecule has 0 saturated heterocycles. The number of nitro groups is 1. The second kappa shape index (κ2) is 5.62. The van der Waals surface area contributed by atoms with Crippen LogP contribution in [-0.4, -0.2) is 33.1 Å². The molecule has 0 aromatic carbocycles. The monoisotopic (exact) mass is 281 g/mol. The van der Waals surface area contributed by atoms with Gasteiger partial charge >= 0.3 is 0 Å². The zero-order valence-corrected chi connectivity index (χ0v) is 11.4. The van der Waals surface area contributed by atoms with Crippen LogP contribution in [0.1, 0.15) is 43.1 Å². The Morgan fingerprint density at radius 1 is 1.70 bits per heavy atom. The molecule has 2 rings (SSSR count). The van der Waals surface area contributed by atoms with E-state index < -0.39 is 16.4 Å². The summed E-state index contributed by atoms with van der Waals surface area (Å²) in [6, 6.07) is 1.20. The largest absolute Gasteiger partial charge is 0.394 e. The number of hydrogen-bond donors (Lipinski definition) is 3. The van der Waals surface area contributed by atoms with E-state index >= 15 is 0 Å². The van der Waals surface area contributed by atoms with Crippen molar-refractivity contribution in [3.8, 4) is 0 Å². The Bertz CT molecular complexity index is 513. The van der Waals surface area contributed by atoms with Crippen molar-refractivity contribution in [1.82, 2.24) is 10.3 Å². The number of amides is 1. The van der Waals surface area contributed by atoms with Crippen molar-refractivity contribution >= 4 is 11.6 Å².